The van der Waals surface area contributed by atoms with Gasteiger partial charge >= 0.3 is 0 Å². The molecule has 2 aliphatic rings. The van der Waals surface area contributed by atoms with Gasteiger partial charge < -0.3 is 4.90 Å². The van der Waals surface area contributed by atoms with Crippen LogP contribution in [-0.2, 0) is 5.41 Å². The van der Waals surface area contributed by atoms with Gasteiger partial charge in [0, 0.05) is 37.2 Å². The highest BCUT2D eigenvalue weighted by Crippen LogP contribution is 2.63. The van der Waals surface area contributed by atoms with Crippen molar-refractivity contribution in [2.24, 2.45) is 0 Å². The Labute approximate surface area is 301 Å². The Morgan fingerprint density at radius 3 is 1.57 bits per heavy atom. The van der Waals surface area contributed by atoms with Crippen molar-refractivity contribution in [3.63, 3.8) is 0 Å². The van der Waals surface area contributed by atoms with Crippen molar-refractivity contribution in [3.05, 3.63) is 210 Å². The van der Waals surface area contributed by atoms with E-state index in [1.807, 2.05) is 11.3 Å². The maximum atomic E-state index is 2.42. The minimum absolute atomic E-state index is 0.343. The van der Waals surface area contributed by atoms with E-state index in [4.69, 9.17) is 0 Å². The lowest BCUT2D eigenvalue weighted by Crippen LogP contribution is -2.25. The van der Waals surface area contributed by atoms with Crippen LogP contribution in [0.3, 0.4) is 0 Å². The predicted molar refractivity (Wildman–Crippen MR) is 216 cm³/mol. The van der Waals surface area contributed by atoms with Crippen LogP contribution in [0.25, 0.3) is 53.6 Å². The third kappa shape index (κ3) is 3.97. The van der Waals surface area contributed by atoms with Gasteiger partial charge in [0.05, 0.1) is 5.41 Å². The van der Waals surface area contributed by atoms with Crippen molar-refractivity contribution in [3.8, 4) is 33.4 Å². The van der Waals surface area contributed by atoms with Crippen LogP contribution in [0.1, 0.15) is 22.3 Å². The van der Waals surface area contributed by atoms with Gasteiger partial charge in [-0.1, -0.05) is 146 Å². The van der Waals surface area contributed by atoms with Gasteiger partial charge in [-0.25, -0.2) is 0 Å². The smallest absolute Gasteiger partial charge is 0.0725 e. The molecule has 1 spiro atoms. The number of thiophene rings is 1. The predicted octanol–water partition coefficient (Wildman–Crippen LogP) is 13.5. The van der Waals surface area contributed by atoms with E-state index < -0.39 is 0 Å². The summed E-state index contributed by atoms with van der Waals surface area (Å²) < 4.78 is 2.67. The van der Waals surface area contributed by atoms with Crippen LogP contribution in [-0.4, -0.2) is 0 Å². The summed E-state index contributed by atoms with van der Waals surface area (Å²) in [6, 6.07) is 69.5. The summed E-state index contributed by atoms with van der Waals surface area (Å²) in [4.78, 5) is 2.40. The van der Waals surface area contributed by atoms with E-state index in [1.165, 1.54) is 75.8 Å². The van der Waals surface area contributed by atoms with Gasteiger partial charge in [0.2, 0.25) is 0 Å². The minimum Gasteiger partial charge on any atom is -0.310 e. The van der Waals surface area contributed by atoms with Gasteiger partial charge in [0.25, 0.3) is 0 Å². The monoisotopic (exact) mass is 665 g/mol. The first-order valence-electron chi connectivity index (χ1n) is 17.6. The molecule has 11 rings (SSSR count). The lowest BCUT2D eigenvalue weighted by Gasteiger charge is -2.31. The molecule has 8 aromatic carbocycles. The molecule has 0 bridgehead atoms. The van der Waals surface area contributed by atoms with E-state index in [-0.39, 0.29) is 5.41 Å². The van der Waals surface area contributed by atoms with Crippen molar-refractivity contribution < 1.29 is 0 Å². The third-order valence-electron chi connectivity index (χ3n) is 11.1. The van der Waals surface area contributed by atoms with Crippen LogP contribution in [0.15, 0.2) is 188 Å². The molecule has 2 heteroatoms. The molecule has 0 unspecified atom stereocenters. The molecule has 1 nitrogen and oxygen atoms in total. The van der Waals surface area contributed by atoms with Gasteiger partial charge in [-0.2, -0.15) is 0 Å². The SMILES string of the molecule is c1ccc(N(c2ccc(-c3cccc4c3sc3ccccc34)cc2)c2ccc3c(c2)-c2ccccc2C32c3ccccc3-c3ccccc32)cc1. The molecular weight excluding hydrogens is 635 g/mol. The molecule has 0 amide bonds. The van der Waals surface area contributed by atoms with Gasteiger partial charge in [-0.15, -0.1) is 11.3 Å². The van der Waals surface area contributed by atoms with Crippen LogP contribution < -0.4 is 4.90 Å². The molecule has 238 valence electrons. The van der Waals surface area contributed by atoms with Crippen molar-refractivity contribution in [2.45, 2.75) is 5.41 Å². The van der Waals surface area contributed by atoms with Crippen molar-refractivity contribution >= 4 is 48.6 Å². The lowest BCUT2D eigenvalue weighted by atomic mass is 9.70. The second kappa shape index (κ2) is 10.9. The fourth-order valence-corrected chi connectivity index (χ4v) is 10.3. The Morgan fingerprint density at radius 2 is 0.863 bits per heavy atom. The van der Waals surface area contributed by atoms with E-state index in [0.29, 0.717) is 0 Å². The normalized spacial score (nSPS) is 13.3. The average Bonchev–Trinajstić information content (AvgIpc) is 3.83. The molecule has 0 saturated carbocycles. The van der Waals surface area contributed by atoms with Crippen molar-refractivity contribution in [1.29, 1.82) is 0 Å². The van der Waals surface area contributed by atoms with E-state index in [0.717, 1.165) is 17.1 Å². The molecule has 2 aliphatic carbocycles. The van der Waals surface area contributed by atoms with E-state index >= 15 is 0 Å². The Balaban J connectivity index is 1.08. The summed E-state index contributed by atoms with van der Waals surface area (Å²) in [5.41, 5.74) is 16.3. The summed E-state index contributed by atoms with van der Waals surface area (Å²) in [5.74, 6) is 0. The number of para-hydroxylation sites is 1. The average molecular weight is 666 g/mol. The van der Waals surface area contributed by atoms with Gasteiger partial charge in [-0.3, -0.25) is 0 Å². The molecule has 9 aromatic rings. The molecule has 0 N–H and O–H groups in total. The number of nitrogens with zero attached hydrogens (tertiary/aromatic N) is 1. The van der Waals surface area contributed by atoms with Crippen LogP contribution in [0, 0.1) is 0 Å². The number of fused-ring (bicyclic) bond motifs is 13. The number of benzene rings is 8. The maximum absolute atomic E-state index is 2.42. The Hall–Kier alpha value is -6.22. The third-order valence-corrected chi connectivity index (χ3v) is 12.3. The van der Waals surface area contributed by atoms with E-state index in [9.17, 15) is 0 Å². The number of anilines is 3. The van der Waals surface area contributed by atoms with Crippen LogP contribution >= 0.6 is 11.3 Å². The molecule has 0 fully saturated rings. The lowest BCUT2D eigenvalue weighted by molar-refractivity contribution is 0.794. The maximum Gasteiger partial charge on any atom is 0.0725 e. The quantitative estimate of drug-likeness (QED) is 0.181. The Morgan fingerprint density at radius 1 is 0.353 bits per heavy atom. The van der Waals surface area contributed by atoms with Crippen LogP contribution in [0.4, 0.5) is 17.1 Å². The van der Waals surface area contributed by atoms with Gasteiger partial charge in [-0.05, 0) is 98.1 Å². The fraction of sp³-hybridized carbons (Fsp3) is 0.0204. The van der Waals surface area contributed by atoms with Crippen LogP contribution in [0.5, 0.6) is 0 Å². The fourth-order valence-electron chi connectivity index (χ4n) is 9.02. The number of rotatable bonds is 4. The summed E-state index contributed by atoms with van der Waals surface area (Å²) in [6.45, 7) is 0. The van der Waals surface area contributed by atoms with Crippen molar-refractivity contribution in [2.75, 3.05) is 4.90 Å². The second-order valence-electron chi connectivity index (χ2n) is 13.6. The standard InChI is InChI=1S/C49H31NS/c1-2-13-33(14-3-1)50(34-27-25-32(26-28-34)36-19-12-20-41-40-18-7-11-24-47(40)51-48(36)41)35-29-30-46-42(31-35)39-17-6-10-23-45(39)49(46)43-21-8-4-15-37(43)38-16-5-9-22-44(38)49/h1-31H. The highest BCUT2D eigenvalue weighted by atomic mass is 32.1. The topological polar surface area (TPSA) is 3.24 Å². The largest absolute Gasteiger partial charge is 0.310 e. The van der Waals surface area contributed by atoms with Gasteiger partial charge in [0.1, 0.15) is 0 Å². The van der Waals surface area contributed by atoms with E-state index in [2.05, 4.69) is 193 Å². The van der Waals surface area contributed by atoms with Gasteiger partial charge in [0.15, 0.2) is 0 Å². The van der Waals surface area contributed by atoms with Crippen LogP contribution in [0.2, 0.25) is 0 Å². The molecule has 1 heterocycles. The first-order valence-corrected chi connectivity index (χ1v) is 18.4. The highest BCUT2D eigenvalue weighted by Gasteiger charge is 2.51. The molecule has 0 radical (unpaired) electrons. The Kier molecular flexibility index (Phi) is 6.11. The zero-order valence-corrected chi connectivity index (χ0v) is 28.6. The number of hydrogen-bond acceptors (Lipinski definition) is 2. The molecule has 0 atom stereocenters. The highest BCUT2D eigenvalue weighted by molar-refractivity contribution is 7.26. The summed E-state index contributed by atoms with van der Waals surface area (Å²) >= 11 is 1.88. The first-order chi connectivity index (χ1) is 25.3. The number of hydrogen-bond donors (Lipinski definition) is 0. The molecule has 1 aromatic heterocycles. The summed E-state index contributed by atoms with van der Waals surface area (Å²) in [7, 11) is 0. The zero-order valence-electron chi connectivity index (χ0n) is 27.8. The summed E-state index contributed by atoms with van der Waals surface area (Å²) in [6.07, 6.45) is 0. The second-order valence-corrected chi connectivity index (χ2v) is 14.7. The molecule has 0 saturated heterocycles. The van der Waals surface area contributed by atoms with Crippen molar-refractivity contribution in [1.82, 2.24) is 0 Å². The van der Waals surface area contributed by atoms with E-state index in [1.54, 1.807) is 0 Å². The Bertz CT molecular complexity index is 2760. The first kappa shape index (κ1) is 28.6. The molecule has 0 aliphatic heterocycles. The minimum atomic E-state index is -0.343. The summed E-state index contributed by atoms with van der Waals surface area (Å²) in [5, 5.41) is 2.66. The molecular formula is C49H31NS. The molecule has 51 heavy (non-hydrogen) atoms. The zero-order chi connectivity index (χ0) is 33.5.